The first-order valence-electron chi connectivity index (χ1n) is 11.5. The Morgan fingerprint density at radius 2 is 1.97 bits per heavy atom. The highest BCUT2D eigenvalue weighted by Crippen LogP contribution is 2.37. The van der Waals surface area contributed by atoms with Crippen LogP contribution in [-0.2, 0) is 4.79 Å². The predicted octanol–water partition coefficient (Wildman–Crippen LogP) is 1.92. The summed E-state index contributed by atoms with van der Waals surface area (Å²) in [5.41, 5.74) is 2.06. The van der Waals surface area contributed by atoms with E-state index in [-0.39, 0.29) is 0 Å². The van der Waals surface area contributed by atoms with Gasteiger partial charge in [0.25, 0.3) is 0 Å². The molecular weight excluding hydrogens is 479 g/mol. The summed E-state index contributed by atoms with van der Waals surface area (Å²) in [7, 11) is 1.69. The van der Waals surface area contributed by atoms with Crippen LogP contribution in [0.2, 0.25) is 0 Å². The molecule has 1 aromatic carbocycles. The molecule has 1 atom stereocenters. The van der Waals surface area contributed by atoms with Gasteiger partial charge in [-0.3, -0.25) is 0 Å². The maximum Gasteiger partial charge on any atom is 0.430 e. The van der Waals surface area contributed by atoms with Crippen molar-refractivity contribution in [2.45, 2.75) is 25.4 Å². The van der Waals surface area contributed by atoms with Gasteiger partial charge in [0.2, 0.25) is 5.82 Å². The Hall–Kier alpha value is -3.64. The summed E-state index contributed by atoms with van der Waals surface area (Å²) in [6.07, 6.45) is 5.91. The van der Waals surface area contributed by atoms with Crippen LogP contribution in [0.1, 0.15) is 19.3 Å². The van der Waals surface area contributed by atoms with Crippen LogP contribution in [0.25, 0.3) is 21.8 Å². The number of nitrogens with one attached hydrogen (secondary N) is 2. The number of aromatic nitrogens is 2. The van der Waals surface area contributed by atoms with Crippen LogP contribution in [0.3, 0.4) is 0 Å². The molecule has 2 aliphatic rings. The van der Waals surface area contributed by atoms with E-state index in [0.717, 1.165) is 57.0 Å². The number of benzene rings is 1. The number of fused-ring (bicyclic) bond motifs is 3. The molecule has 4 heterocycles. The number of alkyl halides is 3. The average molecular weight is 505 g/mol. The number of carbonyl (C=O) groups excluding carboxylic acids is 1. The Bertz CT molecular complexity index is 1270. The molecule has 2 N–H and O–H groups in total. The highest BCUT2D eigenvalue weighted by atomic mass is 19.4. The predicted molar refractivity (Wildman–Crippen MR) is 125 cm³/mol. The first kappa shape index (κ1) is 25.5. The highest BCUT2D eigenvalue weighted by Gasteiger charge is 2.28. The smallest absolute Gasteiger partial charge is 0.430 e. The zero-order valence-electron chi connectivity index (χ0n) is 19.6. The normalized spacial score (nSPS) is 17.5. The number of aliphatic carboxylic acids is 1. The van der Waals surface area contributed by atoms with Gasteiger partial charge in [0.05, 0.1) is 36.3 Å². The van der Waals surface area contributed by atoms with Crippen molar-refractivity contribution >= 4 is 39.9 Å². The number of likely N-dealkylation sites (tertiary alicyclic amines) is 1. The first-order valence-corrected chi connectivity index (χ1v) is 11.5. The van der Waals surface area contributed by atoms with Crippen LogP contribution < -0.4 is 19.5 Å². The van der Waals surface area contributed by atoms with Gasteiger partial charge < -0.3 is 29.3 Å². The van der Waals surface area contributed by atoms with Gasteiger partial charge in [-0.1, -0.05) is 0 Å². The summed E-state index contributed by atoms with van der Waals surface area (Å²) in [5, 5.41) is 10.9. The highest BCUT2D eigenvalue weighted by molar-refractivity contribution is 6.12. The van der Waals surface area contributed by atoms with Gasteiger partial charge >= 0.3 is 6.18 Å². The summed E-state index contributed by atoms with van der Waals surface area (Å²) in [6.45, 7) is 4.23. The van der Waals surface area contributed by atoms with Crippen LogP contribution >= 0.6 is 0 Å². The summed E-state index contributed by atoms with van der Waals surface area (Å²) in [4.78, 5) is 24.6. The monoisotopic (exact) mass is 505 g/mol. The van der Waals surface area contributed by atoms with Crippen LogP contribution in [0.5, 0.6) is 11.5 Å². The number of nitrogens with zero attached hydrogens (tertiary/aromatic N) is 3. The van der Waals surface area contributed by atoms with E-state index in [0.29, 0.717) is 6.61 Å². The molecule has 36 heavy (non-hydrogen) atoms. The molecule has 3 aromatic rings. The average Bonchev–Trinajstić information content (AvgIpc) is 3.62. The number of pyridine rings is 1. The van der Waals surface area contributed by atoms with E-state index in [9.17, 15) is 13.2 Å². The topological polar surface area (TPSA) is 107 Å². The lowest BCUT2D eigenvalue weighted by atomic mass is 10.1. The van der Waals surface area contributed by atoms with E-state index in [2.05, 4.69) is 19.9 Å². The Morgan fingerprint density at radius 3 is 2.61 bits per heavy atom. The molecule has 1 saturated heterocycles. The fourth-order valence-electron chi connectivity index (χ4n) is 4.25. The van der Waals surface area contributed by atoms with Gasteiger partial charge in [-0.05, 0) is 44.5 Å². The lowest BCUT2D eigenvalue weighted by Crippen LogP contribution is -3.00. The minimum absolute atomic E-state index is 0.685. The summed E-state index contributed by atoms with van der Waals surface area (Å²) in [6, 6.07) is 6.08. The molecule has 0 bridgehead atoms. The molecule has 0 spiro atoms. The molecule has 0 amide bonds. The number of rotatable bonds is 7. The van der Waals surface area contributed by atoms with Crippen molar-refractivity contribution in [3.8, 4) is 11.5 Å². The van der Waals surface area contributed by atoms with Crippen LogP contribution in [0.15, 0.2) is 41.8 Å². The second-order valence-corrected chi connectivity index (χ2v) is 8.34. The second kappa shape index (κ2) is 11.0. The van der Waals surface area contributed by atoms with Gasteiger partial charge in [-0.2, -0.15) is 13.2 Å². The van der Waals surface area contributed by atoms with Gasteiger partial charge in [-0.15, -0.1) is 0 Å². The largest absolute Gasteiger partial charge is 0.542 e. The molecule has 0 saturated carbocycles. The number of carboxylic acid groups (broad SMARTS) is 1. The summed E-state index contributed by atoms with van der Waals surface area (Å²) in [5.74, 6) is -0.562. The number of carbonyl (C=O) groups is 1. The number of aromatic amines is 1. The van der Waals surface area contributed by atoms with Crippen LogP contribution in [0, 0.1) is 0 Å². The first-order chi connectivity index (χ1) is 17.3. The Morgan fingerprint density at radius 1 is 1.22 bits per heavy atom. The molecule has 192 valence electrons. The number of quaternary nitrogens is 1. The number of hydrogen-bond donors (Lipinski definition) is 2. The van der Waals surface area contributed by atoms with Gasteiger partial charge in [0.15, 0.2) is 17.8 Å². The zero-order chi connectivity index (χ0) is 25.7. The van der Waals surface area contributed by atoms with E-state index in [1.54, 1.807) is 13.3 Å². The quantitative estimate of drug-likeness (QED) is 0.475. The molecule has 5 rings (SSSR count). The van der Waals surface area contributed by atoms with Gasteiger partial charge in [0, 0.05) is 24.2 Å². The maximum atomic E-state index is 10.5. The summed E-state index contributed by atoms with van der Waals surface area (Å²) < 4.78 is 43.3. The minimum Gasteiger partial charge on any atom is -0.542 e. The Kier molecular flexibility index (Phi) is 7.75. The van der Waals surface area contributed by atoms with Crippen molar-refractivity contribution in [2.24, 2.45) is 4.99 Å². The fraction of sp³-hybridized carbons (Fsp3) is 0.375. The molecule has 9 nitrogen and oxygen atoms in total. The fourth-order valence-corrected chi connectivity index (χ4v) is 4.25. The van der Waals surface area contributed by atoms with E-state index >= 15 is 0 Å². The van der Waals surface area contributed by atoms with Crippen molar-refractivity contribution < 1.29 is 37.4 Å². The molecule has 12 heteroatoms. The molecule has 0 aliphatic carbocycles. The van der Waals surface area contributed by atoms with E-state index in [1.165, 1.54) is 25.9 Å². The van der Waals surface area contributed by atoms with Crippen molar-refractivity contribution in [1.29, 1.82) is 0 Å². The van der Waals surface area contributed by atoms with E-state index in [1.807, 2.05) is 36.9 Å². The summed E-state index contributed by atoms with van der Waals surface area (Å²) >= 11 is 0. The van der Waals surface area contributed by atoms with Crippen LogP contribution in [-0.4, -0.2) is 66.7 Å². The van der Waals surface area contributed by atoms with Crippen molar-refractivity contribution in [2.75, 3.05) is 33.4 Å². The number of ether oxygens (including phenoxy) is 2. The standard InChI is InChI=1S/C22H25N5O2.C2HF3O2/c1-28-19-13-16-18(14-20(19)29-12-4-10-26-8-2-3-9-26)25-17-5-6-24-22(21(16)17)27-11-7-23-15-27;3-2(4,5)1(6)7/h5-7,11,13-15,25H,2-4,8-10,12H2,1H3;(H,6,7). The van der Waals surface area contributed by atoms with Crippen molar-refractivity contribution in [3.63, 3.8) is 0 Å². The molecule has 2 aromatic heterocycles. The molecular formula is C24H26F3N5O4. The van der Waals surface area contributed by atoms with Crippen molar-refractivity contribution in [1.82, 2.24) is 14.9 Å². The lowest BCUT2D eigenvalue weighted by Gasteiger charge is -2.15. The minimum atomic E-state index is -5.19. The zero-order valence-corrected chi connectivity index (χ0v) is 19.6. The third kappa shape index (κ3) is 5.77. The number of hydrogen-bond acceptors (Lipinski definition) is 7. The third-order valence-corrected chi connectivity index (χ3v) is 5.93. The number of carboxylic acids is 1. The number of halogens is 3. The number of methoxy groups -OCH3 is 1. The van der Waals surface area contributed by atoms with E-state index < -0.39 is 12.1 Å². The number of H-pyrrole nitrogens is 1. The number of aliphatic imine (C=N–C) groups is 1. The molecule has 2 aliphatic heterocycles. The third-order valence-electron chi connectivity index (χ3n) is 5.93. The maximum absolute atomic E-state index is 10.5. The molecule has 1 fully saturated rings. The molecule has 0 radical (unpaired) electrons. The SMILES string of the molecule is COc1cc2c(cc1OCCCN1CCCC1)[nH]c1ccnc([NH+]3C=CN=C3)c12.O=C([O-])C(F)(F)F. The molecule has 1 unspecified atom stereocenters. The van der Waals surface area contributed by atoms with E-state index in [4.69, 9.17) is 19.4 Å². The Labute approximate surface area is 204 Å². The van der Waals surface area contributed by atoms with Crippen LogP contribution in [0.4, 0.5) is 19.0 Å². The van der Waals surface area contributed by atoms with Crippen molar-refractivity contribution in [3.05, 3.63) is 36.8 Å². The van der Waals surface area contributed by atoms with Gasteiger partial charge in [-0.25, -0.2) is 14.9 Å². The lowest BCUT2D eigenvalue weighted by molar-refractivity contribution is -0.656. The van der Waals surface area contributed by atoms with Gasteiger partial charge in [0.1, 0.15) is 12.2 Å². The Balaban J connectivity index is 0.000000384. The second-order valence-electron chi connectivity index (χ2n) is 8.34.